The Balaban J connectivity index is 0.00000240. The number of fused-ring (bicyclic) bond motifs is 1. The number of hydrogen-bond donors (Lipinski definition) is 2. The van der Waals surface area contributed by atoms with Gasteiger partial charge < -0.3 is 15.5 Å². The normalized spacial score (nSPS) is 18.2. The van der Waals surface area contributed by atoms with E-state index < -0.39 is 23.5 Å². The van der Waals surface area contributed by atoms with Gasteiger partial charge in [0.1, 0.15) is 11.6 Å². The molecule has 29 heavy (non-hydrogen) atoms. The van der Waals surface area contributed by atoms with Crippen molar-refractivity contribution >= 4 is 35.6 Å². The molecule has 0 aliphatic carbocycles. The SMILES string of the molecule is Cc1ccc(N2CC(C(=O)Nc3ccc4c(c3F)CCNC4)CC2=O)c(F)c1.Cl. The van der Waals surface area contributed by atoms with Gasteiger partial charge in [-0.3, -0.25) is 9.59 Å². The highest BCUT2D eigenvalue weighted by Gasteiger charge is 2.36. The summed E-state index contributed by atoms with van der Waals surface area (Å²) in [6.07, 6.45) is 0.531. The Morgan fingerprint density at radius 3 is 2.79 bits per heavy atom. The Morgan fingerprint density at radius 1 is 1.24 bits per heavy atom. The van der Waals surface area contributed by atoms with E-state index in [1.54, 1.807) is 31.2 Å². The molecule has 2 aromatic carbocycles. The number of aryl methyl sites for hydroxylation is 1. The summed E-state index contributed by atoms with van der Waals surface area (Å²) in [7, 11) is 0. The summed E-state index contributed by atoms with van der Waals surface area (Å²) in [6, 6.07) is 7.96. The van der Waals surface area contributed by atoms with Crippen molar-refractivity contribution in [2.24, 2.45) is 5.92 Å². The zero-order chi connectivity index (χ0) is 19.8. The van der Waals surface area contributed by atoms with Gasteiger partial charge in [-0.25, -0.2) is 8.78 Å². The van der Waals surface area contributed by atoms with Gasteiger partial charge in [0.05, 0.1) is 17.3 Å². The molecule has 0 saturated carbocycles. The Bertz CT molecular complexity index is 967. The van der Waals surface area contributed by atoms with Crippen LogP contribution in [0.25, 0.3) is 0 Å². The van der Waals surface area contributed by atoms with Crippen LogP contribution in [0.5, 0.6) is 0 Å². The van der Waals surface area contributed by atoms with Crippen molar-refractivity contribution < 1.29 is 18.4 Å². The van der Waals surface area contributed by atoms with E-state index in [4.69, 9.17) is 0 Å². The van der Waals surface area contributed by atoms with Gasteiger partial charge in [0.2, 0.25) is 11.8 Å². The summed E-state index contributed by atoms with van der Waals surface area (Å²) in [5.41, 5.74) is 2.54. The van der Waals surface area contributed by atoms with Gasteiger partial charge in [-0.05, 0) is 54.8 Å². The van der Waals surface area contributed by atoms with E-state index in [9.17, 15) is 18.4 Å². The topological polar surface area (TPSA) is 61.4 Å². The predicted octanol–water partition coefficient (Wildman–Crippen LogP) is 3.33. The molecular formula is C21H22ClF2N3O2. The van der Waals surface area contributed by atoms with Gasteiger partial charge in [-0.2, -0.15) is 0 Å². The summed E-state index contributed by atoms with van der Waals surface area (Å²) in [5, 5.41) is 5.79. The Labute approximate surface area is 173 Å². The zero-order valence-electron chi connectivity index (χ0n) is 15.9. The van der Waals surface area contributed by atoms with Gasteiger partial charge >= 0.3 is 0 Å². The van der Waals surface area contributed by atoms with Gasteiger partial charge in [0, 0.05) is 19.5 Å². The van der Waals surface area contributed by atoms with E-state index in [0.29, 0.717) is 25.1 Å². The van der Waals surface area contributed by atoms with E-state index in [-0.39, 0.29) is 42.7 Å². The van der Waals surface area contributed by atoms with Gasteiger partial charge in [-0.15, -0.1) is 12.4 Å². The minimum absolute atomic E-state index is 0. The summed E-state index contributed by atoms with van der Waals surface area (Å²) in [6.45, 7) is 3.13. The lowest BCUT2D eigenvalue weighted by Gasteiger charge is -2.20. The first-order valence-corrected chi connectivity index (χ1v) is 9.32. The van der Waals surface area contributed by atoms with Crippen molar-refractivity contribution in [3.8, 4) is 0 Å². The Kier molecular flexibility index (Phi) is 6.19. The number of anilines is 2. The van der Waals surface area contributed by atoms with E-state index in [0.717, 1.165) is 11.1 Å². The predicted molar refractivity (Wildman–Crippen MR) is 109 cm³/mol. The van der Waals surface area contributed by atoms with E-state index >= 15 is 0 Å². The molecule has 2 amide bonds. The molecule has 8 heteroatoms. The lowest BCUT2D eigenvalue weighted by atomic mass is 9.99. The third-order valence-electron chi connectivity index (χ3n) is 5.36. The van der Waals surface area contributed by atoms with Crippen molar-refractivity contribution in [1.82, 2.24) is 5.32 Å². The van der Waals surface area contributed by atoms with Crippen molar-refractivity contribution in [2.45, 2.75) is 26.3 Å². The fraction of sp³-hybridized carbons (Fsp3) is 0.333. The fourth-order valence-electron chi connectivity index (χ4n) is 3.81. The monoisotopic (exact) mass is 421 g/mol. The van der Waals surface area contributed by atoms with Gasteiger partial charge in [0.15, 0.2) is 0 Å². The second-order valence-corrected chi connectivity index (χ2v) is 7.34. The number of hydrogen-bond acceptors (Lipinski definition) is 3. The molecule has 1 atom stereocenters. The molecule has 2 aliphatic rings. The second kappa shape index (κ2) is 8.47. The number of carbonyl (C=O) groups is 2. The van der Waals surface area contributed by atoms with Crippen LogP contribution in [-0.2, 0) is 22.6 Å². The highest BCUT2D eigenvalue weighted by molar-refractivity contribution is 6.03. The van der Waals surface area contributed by atoms with Crippen LogP contribution in [0.1, 0.15) is 23.1 Å². The lowest BCUT2D eigenvalue weighted by Crippen LogP contribution is -2.29. The van der Waals surface area contributed by atoms with Crippen LogP contribution in [-0.4, -0.2) is 24.9 Å². The second-order valence-electron chi connectivity index (χ2n) is 7.34. The molecule has 0 spiro atoms. The molecular weight excluding hydrogens is 400 g/mol. The molecule has 0 bridgehead atoms. The molecule has 1 fully saturated rings. The minimum atomic E-state index is -0.662. The van der Waals surface area contributed by atoms with Crippen molar-refractivity contribution in [3.63, 3.8) is 0 Å². The number of nitrogens with zero attached hydrogens (tertiary/aromatic N) is 1. The quantitative estimate of drug-likeness (QED) is 0.799. The standard InChI is InChI=1S/C21H21F2N3O2.ClH/c1-12-2-5-18(16(22)8-12)26-11-14(9-19(26)27)21(28)25-17-4-3-13-10-24-7-6-15(13)20(17)23;/h2-5,8,14,24H,6-7,9-11H2,1H3,(H,25,28);1H. The van der Waals surface area contributed by atoms with Crippen molar-refractivity contribution in [3.05, 3.63) is 58.7 Å². The maximum atomic E-state index is 14.7. The van der Waals surface area contributed by atoms with Crippen LogP contribution >= 0.6 is 12.4 Å². The molecule has 2 heterocycles. The molecule has 154 valence electrons. The van der Waals surface area contributed by atoms with E-state index in [1.807, 2.05) is 0 Å². The van der Waals surface area contributed by atoms with Crippen LogP contribution in [0.4, 0.5) is 20.2 Å². The highest BCUT2D eigenvalue weighted by atomic mass is 35.5. The number of nitrogens with one attached hydrogen (secondary N) is 2. The van der Waals surface area contributed by atoms with Crippen LogP contribution in [0.15, 0.2) is 30.3 Å². The number of benzene rings is 2. The Morgan fingerprint density at radius 2 is 2.03 bits per heavy atom. The summed E-state index contributed by atoms with van der Waals surface area (Å²) in [4.78, 5) is 26.3. The molecule has 1 saturated heterocycles. The van der Waals surface area contributed by atoms with Gasteiger partial charge in [-0.1, -0.05) is 12.1 Å². The molecule has 4 rings (SSSR count). The average molecular weight is 422 g/mol. The maximum Gasteiger partial charge on any atom is 0.229 e. The molecule has 0 radical (unpaired) electrons. The number of halogens is 3. The van der Waals surface area contributed by atoms with Crippen molar-refractivity contribution in [2.75, 3.05) is 23.3 Å². The molecule has 2 N–H and O–H groups in total. The maximum absolute atomic E-state index is 14.7. The number of amides is 2. The van der Waals surface area contributed by atoms with E-state index in [2.05, 4.69) is 10.6 Å². The van der Waals surface area contributed by atoms with Crippen LogP contribution in [0.2, 0.25) is 0 Å². The summed E-state index contributed by atoms with van der Waals surface area (Å²) >= 11 is 0. The lowest BCUT2D eigenvalue weighted by molar-refractivity contribution is -0.122. The Hall–Kier alpha value is -2.51. The van der Waals surface area contributed by atoms with E-state index in [1.165, 1.54) is 11.0 Å². The molecule has 5 nitrogen and oxygen atoms in total. The van der Waals surface area contributed by atoms with Crippen molar-refractivity contribution in [1.29, 1.82) is 0 Å². The van der Waals surface area contributed by atoms with Gasteiger partial charge in [0.25, 0.3) is 0 Å². The third kappa shape index (κ3) is 4.11. The van der Waals surface area contributed by atoms with Crippen LogP contribution in [0.3, 0.4) is 0 Å². The molecule has 2 aliphatic heterocycles. The first-order valence-electron chi connectivity index (χ1n) is 9.32. The minimum Gasteiger partial charge on any atom is -0.323 e. The molecule has 2 aromatic rings. The summed E-state index contributed by atoms with van der Waals surface area (Å²) < 4.78 is 29.0. The number of carbonyl (C=O) groups excluding carboxylic acids is 2. The third-order valence-corrected chi connectivity index (χ3v) is 5.36. The fourth-order valence-corrected chi connectivity index (χ4v) is 3.81. The first kappa shape index (κ1) is 21.2. The average Bonchev–Trinajstić information content (AvgIpc) is 3.06. The van der Waals surface area contributed by atoms with Crippen LogP contribution in [0, 0.1) is 24.5 Å². The summed E-state index contributed by atoms with van der Waals surface area (Å²) in [5.74, 6) is -2.33. The zero-order valence-corrected chi connectivity index (χ0v) is 16.7. The number of rotatable bonds is 3. The molecule has 1 unspecified atom stereocenters. The smallest absolute Gasteiger partial charge is 0.229 e. The molecule has 0 aromatic heterocycles. The highest BCUT2D eigenvalue weighted by Crippen LogP contribution is 2.30. The van der Waals surface area contributed by atoms with Crippen LogP contribution < -0.4 is 15.5 Å². The first-order chi connectivity index (χ1) is 13.4. The largest absolute Gasteiger partial charge is 0.323 e.